The van der Waals surface area contributed by atoms with Crippen LogP contribution in [0.15, 0.2) is 54.6 Å². The maximum absolute atomic E-state index is 10.1. The molecular formula is C21H29NO2. The predicted molar refractivity (Wildman–Crippen MR) is 99.5 cm³/mol. The number of benzene rings is 2. The molecule has 0 amide bonds. The summed E-state index contributed by atoms with van der Waals surface area (Å²) in [5, 5.41) is 13.4. The van der Waals surface area contributed by atoms with Crippen LogP contribution in [0.5, 0.6) is 5.75 Å². The molecule has 0 radical (unpaired) electrons. The van der Waals surface area contributed by atoms with Gasteiger partial charge in [0.15, 0.2) is 0 Å². The Hall–Kier alpha value is -1.84. The van der Waals surface area contributed by atoms with Crippen LogP contribution in [0, 0.1) is 0 Å². The van der Waals surface area contributed by atoms with Crippen molar-refractivity contribution in [3.63, 3.8) is 0 Å². The van der Waals surface area contributed by atoms with Crippen LogP contribution in [0.2, 0.25) is 0 Å². The van der Waals surface area contributed by atoms with Crippen molar-refractivity contribution in [3.8, 4) is 5.75 Å². The molecule has 0 spiro atoms. The lowest BCUT2D eigenvalue weighted by Gasteiger charge is -2.20. The molecule has 0 aliphatic carbocycles. The van der Waals surface area contributed by atoms with Gasteiger partial charge in [0.2, 0.25) is 0 Å². The van der Waals surface area contributed by atoms with E-state index in [4.69, 9.17) is 4.74 Å². The van der Waals surface area contributed by atoms with Gasteiger partial charge in [-0.15, -0.1) is 0 Å². The third-order valence-electron chi connectivity index (χ3n) is 4.12. The van der Waals surface area contributed by atoms with Crippen molar-refractivity contribution in [1.29, 1.82) is 0 Å². The molecule has 2 atom stereocenters. The molecule has 2 rings (SSSR count). The number of hydrogen-bond donors (Lipinski definition) is 2. The lowest BCUT2D eigenvalue weighted by atomic mass is 9.87. The normalized spacial score (nSPS) is 14.2. The van der Waals surface area contributed by atoms with Crippen LogP contribution in [0.1, 0.15) is 44.9 Å². The Morgan fingerprint density at radius 1 is 1.00 bits per heavy atom. The predicted octanol–water partition coefficient (Wildman–Crippen LogP) is 4.07. The van der Waals surface area contributed by atoms with Crippen LogP contribution in [0.4, 0.5) is 0 Å². The fourth-order valence-corrected chi connectivity index (χ4v) is 2.47. The smallest absolute Gasteiger partial charge is 0.119 e. The Labute approximate surface area is 145 Å². The molecular weight excluding hydrogens is 298 g/mol. The number of nitrogens with one attached hydrogen (secondary N) is 1. The molecule has 2 N–H and O–H groups in total. The summed E-state index contributed by atoms with van der Waals surface area (Å²) in [5.74, 6) is 0.790. The molecule has 0 bridgehead atoms. The van der Waals surface area contributed by atoms with Crippen molar-refractivity contribution in [1.82, 2.24) is 5.32 Å². The highest BCUT2D eigenvalue weighted by Crippen LogP contribution is 2.24. The molecule has 0 aliphatic rings. The summed E-state index contributed by atoms with van der Waals surface area (Å²) in [6, 6.07) is 18.5. The fraction of sp³-hybridized carbons (Fsp3) is 0.429. The molecule has 2 aromatic rings. The molecule has 2 aromatic carbocycles. The first-order valence-electron chi connectivity index (χ1n) is 8.56. The van der Waals surface area contributed by atoms with Crippen molar-refractivity contribution in [3.05, 3.63) is 65.7 Å². The van der Waals surface area contributed by atoms with E-state index < -0.39 is 6.10 Å². The summed E-state index contributed by atoms with van der Waals surface area (Å²) in [4.78, 5) is 0. The molecule has 3 heteroatoms. The van der Waals surface area contributed by atoms with E-state index in [0.29, 0.717) is 6.54 Å². The summed E-state index contributed by atoms with van der Waals surface area (Å²) < 4.78 is 5.68. The number of hydrogen-bond acceptors (Lipinski definition) is 3. The van der Waals surface area contributed by atoms with Gasteiger partial charge in [0.1, 0.15) is 18.5 Å². The van der Waals surface area contributed by atoms with Crippen molar-refractivity contribution >= 4 is 0 Å². The summed E-state index contributed by atoms with van der Waals surface area (Å²) in [6.07, 6.45) is -0.543. The van der Waals surface area contributed by atoms with E-state index >= 15 is 0 Å². The summed E-state index contributed by atoms with van der Waals surface area (Å²) >= 11 is 0. The second kappa shape index (κ2) is 8.32. The molecule has 130 valence electrons. The Morgan fingerprint density at radius 3 is 2.21 bits per heavy atom. The first kappa shape index (κ1) is 18.5. The molecule has 3 nitrogen and oxygen atoms in total. The third-order valence-corrected chi connectivity index (χ3v) is 4.12. The molecule has 0 saturated carbocycles. The standard InChI is InChI=1S/C21H29NO2/c1-16(17-8-6-5-7-9-17)22-14-19(23)15-24-20-12-10-18(11-13-20)21(2,3)4/h5-13,16,19,22-23H,14-15H2,1-4H3/t16-,19+/m1/s1. The van der Waals surface area contributed by atoms with E-state index in [1.54, 1.807) is 0 Å². The SMILES string of the molecule is C[C@@H](NC[C@H](O)COc1ccc(C(C)(C)C)cc1)c1ccccc1. The second-order valence-corrected chi connectivity index (χ2v) is 7.28. The quantitative estimate of drug-likeness (QED) is 0.805. The zero-order chi connectivity index (χ0) is 17.6. The minimum absolute atomic E-state index is 0.134. The number of aliphatic hydroxyl groups is 1. The van der Waals surface area contributed by atoms with Crippen molar-refractivity contribution < 1.29 is 9.84 Å². The van der Waals surface area contributed by atoms with Gasteiger partial charge in [-0.25, -0.2) is 0 Å². The number of ether oxygens (including phenoxy) is 1. The monoisotopic (exact) mass is 327 g/mol. The van der Waals surface area contributed by atoms with Gasteiger partial charge >= 0.3 is 0 Å². The van der Waals surface area contributed by atoms with Gasteiger partial charge < -0.3 is 15.2 Å². The Balaban J connectivity index is 1.76. The number of aliphatic hydroxyl groups excluding tert-OH is 1. The highest BCUT2D eigenvalue weighted by molar-refractivity contribution is 5.31. The molecule has 0 unspecified atom stereocenters. The highest BCUT2D eigenvalue weighted by Gasteiger charge is 2.13. The van der Waals surface area contributed by atoms with Crippen LogP contribution in [0.25, 0.3) is 0 Å². The number of rotatable bonds is 7. The van der Waals surface area contributed by atoms with Crippen LogP contribution in [-0.4, -0.2) is 24.4 Å². The summed E-state index contributed by atoms with van der Waals surface area (Å²) in [7, 11) is 0. The Kier molecular flexibility index (Phi) is 6.41. The maximum Gasteiger partial charge on any atom is 0.119 e. The van der Waals surface area contributed by atoms with Gasteiger partial charge in [-0.05, 0) is 35.6 Å². The van der Waals surface area contributed by atoms with E-state index in [2.05, 4.69) is 57.3 Å². The van der Waals surface area contributed by atoms with Crippen molar-refractivity contribution in [2.24, 2.45) is 0 Å². The maximum atomic E-state index is 10.1. The molecule has 24 heavy (non-hydrogen) atoms. The highest BCUT2D eigenvalue weighted by atomic mass is 16.5. The fourth-order valence-electron chi connectivity index (χ4n) is 2.47. The van der Waals surface area contributed by atoms with E-state index in [1.165, 1.54) is 11.1 Å². The average molecular weight is 327 g/mol. The van der Waals surface area contributed by atoms with Gasteiger partial charge in [-0.3, -0.25) is 0 Å². The summed E-state index contributed by atoms with van der Waals surface area (Å²) in [5.41, 5.74) is 2.62. The minimum atomic E-state index is -0.543. The van der Waals surface area contributed by atoms with Gasteiger partial charge in [0.05, 0.1) is 0 Å². The molecule has 0 heterocycles. The molecule has 0 fully saturated rings. The van der Waals surface area contributed by atoms with Gasteiger partial charge in [-0.1, -0.05) is 63.2 Å². The van der Waals surface area contributed by atoms with Gasteiger partial charge in [-0.2, -0.15) is 0 Å². The van der Waals surface area contributed by atoms with E-state index in [9.17, 15) is 5.11 Å². The van der Waals surface area contributed by atoms with E-state index in [-0.39, 0.29) is 18.1 Å². The topological polar surface area (TPSA) is 41.5 Å². The van der Waals surface area contributed by atoms with Crippen LogP contribution in [0.3, 0.4) is 0 Å². The lowest BCUT2D eigenvalue weighted by Crippen LogP contribution is -2.33. The summed E-state index contributed by atoms with van der Waals surface area (Å²) in [6.45, 7) is 9.43. The lowest BCUT2D eigenvalue weighted by molar-refractivity contribution is 0.104. The average Bonchev–Trinajstić information content (AvgIpc) is 2.58. The molecule has 0 saturated heterocycles. The largest absolute Gasteiger partial charge is 0.491 e. The molecule has 0 aromatic heterocycles. The van der Waals surface area contributed by atoms with Gasteiger partial charge in [0.25, 0.3) is 0 Å². The van der Waals surface area contributed by atoms with Crippen molar-refractivity contribution in [2.45, 2.75) is 45.3 Å². The van der Waals surface area contributed by atoms with Crippen molar-refractivity contribution in [2.75, 3.05) is 13.2 Å². The van der Waals surface area contributed by atoms with E-state index in [0.717, 1.165) is 5.75 Å². The first-order valence-corrected chi connectivity index (χ1v) is 8.56. The zero-order valence-electron chi connectivity index (χ0n) is 15.1. The van der Waals surface area contributed by atoms with Crippen LogP contribution < -0.4 is 10.1 Å². The van der Waals surface area contributed by atoms with Crippen LogP contribution >= 0.6 is 0 Å². The first-order chi connectivity index (χ1) is 11.4. The second-order valence-electron chi connectivity index (χ2n) is 7.28. The Morgan fingerprint density at radius 2 is 1.62 bits per heavy atom. The van der Waals surface area contributed by atoms with E-state index in [1.807, 2.05) is 30.3 Å². The zero-order valence-corrected chi connectivity index (χ0v) is 15.1. The molecule has 0 aliphatic heterocycles. The Bertz CT molecular complexity index is 602. The van der Waals surface area contributed by atoms with Crippen LogP contribution in [-0.2, 0) is 5.41 Å². The third kappa shape index (κ3) is 5.66. The minimum Gasteiger partial charge on any atom is -0.491 e. The van der Waals surface area contributed by atoms with Gasteiger partial charge in [0, 0.05) is 12.6 Å².